The third-order valence-electron chi connectivity index (χ3n) is 3.49. The largest absolute Gasteiger partial charge is 0.463 e. The Morgan fingerprint density at radius 1 is 1.10 bits per heavy atom. The predicted octanol–water partition coefficient (Wildman–Crippen LogP) is 4.43. The first-order valence-electron chi connectivity index (χ1n) is 8.27. The summed E-state index contributed by atoms with van der Waals surface area (Å²) < 4.78 is 5.27. The molecule has 120 valence electrons. The van der Waals surface area contributed by atoms with Crippen molar-refractivity contribution >= 4 is 12.3 Å². The van der Waals surface area contributed by atoms with Gasteiger partial charge in [0.25, 0.3) is 0 Å². The monoisotopic (exact) mass is 294 g/mol. The van der Waals surface area contributed by atoms with Crippen LogP contribution in [0.5, 0.6) is 0 Å². The van der Waals surface area contributed by atoms with Crippen molar-refractivity contribution in [1.29, 1.82) is 0 Å². The Kier molecular flexibility index (Phi) is 14.2. The Morgan fingerprint density at radius 3 is 2.24 bits per heavy atom. The fourth-order valence-electron chi connectivity index (χ4n) is 2.24. The molecule has 21 heavy (non-hydrogen) atoms. The Bertz CT molecular complexity index is 304. The first-order chi connectivity index (χ1) is 10.2. The fraction of sp³-hybridized carbons (Fsp3) is 0.778. The molecule has 1 atom stereocenters. The molecule has 0 rings (SSSR count). The number of hydrogen-bond donors (Lipinski definition) is 0. The molecule has 0 saturated heterocycles. The van der Waals surface area contributed by atoms with Crippen molar-refractivity contribution in [2.75, 3.05) is 0 Å². The zero-order valence-electron chi connectivity index (χ0n) is 13.4. The van der Waals surface area contributed by atoms with Gasteiger partial charge in [-0.2, -0.15) is 0 Å². The van der Waals surface area contributed by atoms with Crippen molar-refractivity contribution < 1.29 is 14.3 Å². The Balaban J connectivity index is 3.28. The minimum absolute atomic E-state index is 0.00128. The lowest BCUT2D eigenvalue weighted by Gasteiger charge is -2.12. The van der Waals surface area contributed by atoms with Gasteiger partial charge >= 0.3 is 5.97 Å². The van der Waals surface area contributed by atoms with Crippen LogP contribution in [0.2, 0.25) is 0 Å². The van der Waals surface area contributed by atoms with Crippen molar-refractivity contribution in [3.8, 4) is 12.3 Å². The highest BCUT2D eigenvalue weighted by atomic mass is 16.5. The van der Waals surface area contributed by atoms with Gasteiger partial charge in [0.15, 0.2) is 0 Å². The van der Waals surface area contributed by atoms with E-state index >= 15 is 0 Å². The first kappa shape index (κ1) is 19.7. The summed E-state index contributed by atoms with van der Waals surface area (Å²) in [5, 5.41) is 0. The van der Waals surface area contributed by atoms with E-state index in [0.29, 0.717) is 19.3 Å². The average molecular weight is 294 g/mol. The predicted molar refractivity (Wildman–Crippen MR) is 85.9 cm³/mol. The normalized spacial score (nSPS) is 11.6. The minimum Gasteiger partial charge on any atom is -0.463 e. The molecule has 0 fully saturated rings. The lowest BCUT2D eigenvalue weighted by Crippen LogP contribution is -2.14. The number of hydrogen-bond acceptors (Lipinski definition) is 3. The summed E-state index contributed by atoms with van der Waals surface area (Å²) in [6.45, 7) is 1.95. The van der Waals surface area contributed by atoms with E-state index in [9.17, 15) is 9.59 Å². The van der Waals surface area contributed by atoms with Gasteiger partial charge in [-0.25, -0.2) is 0 Å². The van der Waals surface area contributed by atoms with E-state index in [1.807, 2.05) is 6.92 Å². The molecule has 0 aromatic carbocycles. The van der Waals surface area contributed by atoms with Crippen molar-refractivity contribution in [3.63, 3.8) is 0 Å². The summed E-state index contributed by atoms with van der Waals surface area (Å²) >= 11 is 0. The van der Waals surface area contributed by atoms with Gasteiger partial charge < -0.3 is 9.53 Å². The summed E-state index contributed by atoms with van der Waals surface area (Å²) in [5.41, 5.74) is 0. The Hall–Kier alpha value is -1.30. The highest BCUT2D eigenvalue weighted by molar-refractivity contribution is 5.69. The Morgan fingerprint density at radius 2 is 1.67 bits per heavy atom. The van der Waals surface area contributed by atoms with Crippen LogP contribution in [0.3, 0.4) is 0 Å². The van der Waals surface area contributed by atoms with Gasteiger partial charge in [0.05, 0.1) is 12.5 Å². The van der Waals surface area contributed by atoms with E-state index in [-0.39, 0.29) is 12.1 Å². The summed E-state index contributed by atoms with van der Waals surface area (Å²) in [6, 6.07) is 0. The molecular formula is C18H30O3. The first-order valence-corrected chi connectivity index (χ1v) is 8.27. The maximum Gasteiger partial charge on any atom is 0.307 e. The Labute approximate surface area is 129 Å². The van der Waals surface area contributed by atoms with Crippen molar-refractivity contribution in [2.45, 2.75) is 90.1 Å². The quantitative estimate of drug-likeness (QED) is 0.206. The molecule has 0 amide bonds. The molecule has 0 spiro atoms. The molecule has 0 N–H and O–H groups in total. The van der Waals surface area contributed by atoms with E-state index in [1.54, 1.807) is 0 Å². The van der Waals surface area contributed by atoms with E-state index in [1.165, 1.54) is 38.5 Å². The molecule has 0 aromatic heterocycles. The van der Waals surface area contributed by atoms with Gasteiger partial charge in [-0.3, -0.25) is 4.79 Å². The second kappa shape index (κ2) is 15.1. The molecule has 3 heteroatoms. The van der Waals surface area contributed by atoms with E-state index in [4.69, 9.17) is 11.2 Å². The smallest absolute Gasteiger partial charge is 0.307 e. The zero-order chi connectivity index (χ0) is 15.8. The van der Waals surface area contributed by atoms with Crippen molar-refractivity contribution in [1.82, 2.24) is 0 Å². The van der Waals surface area contributed by atoms with Crippen LogP contribution in [0.4, 0.5) is 0 Å². The highest BCUT2D eigenvalue weighted by Gasteiger charge is 2.08. The van der Waals surface area contributed by atoms with Crippen LogP contribution in [0.25, 0.3) is 0 Å². The van der Waals surface area contributed by atoms with Crippen LogP contribution >= 0.6 is 0 Å². The van der Waals surface area contributed by atoms with Crippen molar-refractivity contribution in [3.05, 3.63) is 0 Å². The topological polar surface area (TPSA) is 43.4 Å². The number of carbonyl (C=O) groups excluding carboxylic acids is 2. The second-order valence-corrected chi connectivity index (χ2v) is 5.58. The number of terminal acetylenes is 1. The standard InChI is InChI=1S/C18H30O3/c1-3-4-15-18(20)21-17(2)14-12-10-8-6-5-7-9-11-13-16-19/h1,16-17H,4-15H2,2H3/t17-/m0/s1. The summed E-state index contributed by atoms with van der Waals surface area (Å²) in [6.07, 6.45) is 18.0. The average Bonchev–Trinajstić information content (AvgIpc) is 2.47. The summed E-state index contributed by atoms with van der Waals surface area (Å²) in [7, 11) is 0. The van der Waals surface area contributed by atoms with Gasteiger partial charge in [0.1, 0.15) is 6.29 Å². The van der Waals surface area contributed by atoms with Crippen LogP contribution < -0.4 is 0 Å². The van der Waals surface area contributed by atoms with Gasteiger partial charge in [0, 0.05) is 12.8 Å². The number of rotatable bonds is 14. The maximum atomic E-state index is 11.4. The lowest BCUT2D eigenvalue weighted by molar-refractivity contribution is -0.148. The van der Waals surface area contributed by atoms with Gasteiger partial charge in [0.2, 0.25) is 0 Å². The minimum atomic E-state index is -0.184. The molecule has 3 nitrogen and oxygen atoms in total. The van der Waals surface area contributed by atoms with Crippen LogP contribution in [0.1, 0.15) is 84.0 Å². The zero-order valence-corrected chi connectivity index (χ0v) is 13.4. The summed E-state index contributed by atoms with van der Waals surface area (Å²) in [4.78, 5) is 21.5. The van der Waals surface area contributed by atoms with Crippen LogP contribution in [0.15, 0.2) is 0 Å². The van der Waals surface area contributed by atoms with E-state index < -0.39 is 0 Å². The van der Waals surface area contributed by atoms with Gasteiger partial charge in [-0.1, -0.05) is 38.5 Å². The molecule has 0 heterocycles. The third-order valence-corrected chi connectivity index (χ3v) is 3.49. The van der Waals surface area contributed by atoms with Crippen LogP contribution in [-0.4, -0.2) is 18.4 Å². The lowest BCUT2D eigenvalue weighted by atomic mass is 10.1. The maximum absolute atomic E-state index is 11.4. The summed E-state index contributed by atoms with van der Waals surface area (Å²) in [5.74, 6) is 2.26. The highest BCUT2D eigenvalue weighted by Crippen LogP contribution is 2.12. The van der Waals surface area contributed by atoms with Crippen LogP contribution in [-0.2, 0) is 14.3 Å². The number of aldehydes is 1. The second-order valence-electron chi connectivity index (χ2n) is 5.58. The van der Waals surface area contributed by atoms with Crippen LogP contribution in [0, 0.1) is 12.3 Å². The molecule has 0 aromatic rings. The van der Waals surface area contributed by atoms with E-state index in [2.05, 4.69) is 5.92 Å². The van der Waals surface area contributed by atoms with E-state index in [0.717, 1.165) is 25.5 Å². The molecule has 0 radical (unpaired) electrons. The number of carbonyl (C=O) groups is 2. The molecule has 0 aliphatic heterocycles. The SMILES string of the molecule is C#CCCC(=O)O[C@@H](C)CCCCCCCCCCC=O. The molecular weight excluding hydrogens is 264 g/mol. The van der Waals surface area contributed by atoms with Crippen molar-refractivity contribution in [2.24, 2.45) is 0 Å². The molecule has 0 bridgehead atoms. The molecule has 0 unspecified atom stereocenters. The third kappa shape index (κ3) is 14.9. The molecule has 0 aliphatic rings. The number of ether oxygens (including phenoxy) is 1. The number of unbranched alkanes of at least 4 members (excludes halogenated alkanes) is 8. The van der Waals surface area contributed by atoms with Gasteiger partial charge in [-0.05, 0) is 26.2 Å². The molecule has 0 saturated carbocycles. The molecule has 0 aliphatic carbocycles. The fourth-order valence-corrected chi connectivity index (χ4v) is 2.24. The van der Waals surface area contributed by atoms with Gasteiger partial charge in [-0.15, -0.1) is 12.3 Å². The number of esters is 1.